The van der Waals surface area contributed by atoms with Gasteiger partial charge in [-0.3, -0.25) is 0 Å². The number of carboxylic acids is 1. The van der Waals surface area contributed by atoms with Crippen molar-refractivity contribution in [3.8, 4) is 28.3 Å². The number of carboxylic acid groups (broad SMARTS) is 1. The van der Waals surface area contributed by atoms with E-state index < -0.39 is 12.1 Å². The van der Waals surface area contributed by atoms with Crippen molar-refractivity contribution in [2.75, 3.05) is 0 Å². The molecule has 3 aromatic carbocycles. The van der Waals surface area contributed by atoms with Crippen molar-refractivity contribution in [1.82, 2.24) is 9.55 Å². The molecule has 5 heteroatoms. The molecule has 0 amide bonds. The van der Waals surface area contributed by atoms with Crippen molar-refractivity contribution in [3.63, 3.8) is 0 Å². The Morgan fingerprint density at radius 1 is 0.909 bits per heavy atom. The minimum atomic E-state index is -1.03. The minimum Gasteiger partial charge on any atom is -0.478 e. The lowest BCUT2D eigenvalue weighted by Crippen LogP contribution is -2.32. The maximum absolute atomic E-state index is 12.2. The molecule has 1 heterocycles. The molecule has 0 bridgehead atoms. The van der Waals surface area contributed by atoms with E-state index in [1.54, 1.807) is 6.33 Å². The summed E-state index contributed by atoms with van der Waals surface area (Å²) in [6.45, 7) is 0.156. The quantitative estimate of drug-likeness (QED) is 0.406. The lowest BCUT2D eigenvalue weighted by molar-refractivity contribution is -0.145. The second kappa shape index (κ2) is 9.33. The predicted octanol–water partition coefficient (Wildman–Crippen LogP) is 5.63. The lowest BCUT2D eigenvalue weighted by Gasteiger charge is -2.23. The van der Waals surface area contributed by atoms with Crippen LogP contribution in [0, 0.1) is 0 Å². The average Bonchev–Trinajstić information content (AvgIpc) is 3.28. The van der Waals surface area contributed by atoms with Crippen LogP contribution in [0.3, 0.4) is 0 Å². The molecule has 0 saturated carbocycles. The van der Waals surface area contributed by atoms with Gasteiger partial charge < -0.3 is 14.4 Å². The van der Waals surface area contributed by atoms with E-state index in [4.69, 9.17) is 4.74 Å². The Balaban J connectivity index is 1.51. The fourth-order valence-electron chi connectivity index (χ4n) is 4.58. The smallest absolute Gasteiger partial charge is 0.346 e. The summed E-state index contributed by atoms with van der Waals surface area (Å²) in [6, 6.07) is 25.9. The van der Waals surface area contributed by atoms with Gasteiger partial charge in [-0.2, -0.15) is 0 Å². The van der Waals surface area contributed by atoms with Crippen LogP contribution in [0.4, 0.5) is 0 Å². The van der Waals surface area contributed by atoms with E-state index >= 15 is 0 Å². The van der Waals surface area contributed by atoms with Gasteiger partial charge in [-0.05, 0) is 42.9 Å². The Hall–Kier alpha value is -3.86. The van der Waals surface area contributed by atoms with Crippen molar-refractivity contribution in [2.24, 2.45) is 0 Å². The van der Waals surface area contributed by atoms with E-state index in [1.165, 1.54) is 5.56 Å². The summed E-state index contributed by atoms with van der Waals surface area (Å²) >= 11 is 0. The van der Waals surface area contributed by atoms with Gasteiger partial charge in [0.1, 0.15) is 5.75 Å². The summed E-state index contributed by atoms with van der Waals surface area (Å²) in [6.07, 6.45) is 4.89. The zero-order valence-corrected chi connectivity index (χ0v) is 18.4. The number of aliphatic carboxylic acids is 1. The second-order valence-electron chi connectivity index (χ2n) is 8.37. The molecule has 1 aliphatic rings. The summed E-state index contributed by atoms with van der Waals surface area (Å²) in [5, 5.41) is 10.0. The highest BCUT2D eigenvalue weighted by Gasteiger charge is 2.25. The fraction of sp³-hybridized carbons (Fsp3) is 0.214. The van der Waals surface area contributed by atoms with Crippen molar-refractivity contribution >= 4 is 5.97 Å². The van der Waals surface area contributed by atoms with Gasteiger partial charge in [0.25, 0.3) is 0 Å². The van der Waals surface area contributed by atoms with E-state index in [0.717, 1.165) is 53.8 Å². The third-order valence-electron chi connectivity index (χ3n) is 6.19. The Labute approximate surface area is 193 Å². The predicted molar refractivity (Wildman–Crippen MR) is 128 cm³/mol. The summed E-state index contributed by atoms with van der Waals surface area (Å²) in [7, 11) is 0. The van der Waals surface area contributed by atoms with Crippen LogP contribution in [0.25, 0.3) is 22.5 Å². The molecule has 0 fully saturated rings. The number of rotatable bonds is 7. The second-order valence-corrected chi connectivity index (χ2v) is 8.37. The van der Waals surface area contributed by atoms with Gasteiger partial charge in [0, 0.05) is 11.1 Å². The molecule has 33 heavy (non-hydrogen) atoms. The van der Waals surface area contributed by atoms with Crippen molar-refractivity contribution in [1.29, 1.82) is 0 Å². The number of nitrogens with zero attached hydrogens (tertiary/aromatic N) is 2. The van der Waals surface area contributed by atoms with Crippen LogP contribution in [0.15, 0.2) is 85.2 Å². The molecule has 0 spiro atoms. The van der Waals surface area contributed by atoms with E-state index in [9.17, 15) is 9.90 Å². The van der Waals surface area contributed by atoms with Crippen LogP contribution >= 0.6 is 0 Å². The monoisotopic (exact) mass is 438 g/mol. The third-order valence-corrected chi connectivity index (χ3v) is 6.19. The van der Waals surface area contributed by atoms with Gasteiger partial charge in [0.2, 0.25) is 6.10 Å². The molecule has 1 unspecified atom stereocenters. The van der Waals surface area contributed by atoms with Gasteiger partial charge in [0.15, 0.2) is 0 Å². The highest BCUT2D eigenvalue weighted by molar-refractivity contribution is 5.79. The molecule has 1 aliphatic carbocycles. The Morgan fingerprint density at radius 3 is 2.33 bits per heavy atom. The van der Waals surface area contributed by atoms with E-state index in [2.05, 4.69) is 11.1 Å². The number of imidazole rings is 1. The molecule has 1 N–H and O–H groups in total. The molecule has 1 atom stereocenters. The lowest BCUT2D eigenvalue weighted by atomic mass is 9.91. The maximum Gasteiger partial charge on any atom is 0.346 e. The molecule has 5 nitrogen and oxygen atoms in total. The molecule has 1 aromatic heterocycles. The Kier molecular flexibility index (Phi) is 5.94. The molecule has 0 saturated heterocycles. The molecular formula is C28H26N2O3. The first-order chi connectivity index (χ1) is 16.2. The molecule has 0 radical (unpaired) electrons. The maximum atomic E-state index is 12.2. The standard InChI is InChI=1S/C28H26N2O3/c31-28(32)25(33-24-17-9-15-20-10-7-8-16-23(20)24)18-30-19-29-26(21-11-3-1-4-12-21)27(30)22-13-5-2-6-14-22/h1-6,9,11-15,17,19,25H,7-8,10,16,18H2,(H,31,32). The first-order valence-corrected chi connectivity index (χ1v) is 11.4. The van der Waals surface area contributed by atoms with Gasteiger partial charge in [-0.15, -0.1) is 0 Å². The zero-order valence-electron chi connectivity index (χ0n) is 18.4. The largest absolute Gasteiger partial charge is 0.478 e. The van der Waals surface area contributed by atoms with Crippen LogP contribution < -0.4 is 4.74 Å². The Morgan fingerprint density at radius 2 is 1.61 bits per heavy atom. The molecular weight excluding hydrogens is 412 g/mol. The SMILES string of the molecule is O=C(O)C(Cn1cnc(-c2ccccc2)c1-c1ccccc1)Oc1cccc2c1CCCC2. The van der Waals surface area contributed by atoms with Crippen LogP contribution in [0.1, 0.15) is 24.0 Å². The summed E-state index contributed by atoms with van der Waals surface area (Å²) in [5.74, 6) is -0.304. The molecule has 166 valence electrons. The van der Waals surface area contributed by atoms with Crippen LogP contribution in [0.5, 0.6) is 5.75 Å². The van der Waals surface area contributed by atoms with Crippen LogP contribution in [0.2, 0.25) is 0 Å². The number of fused-ring (bicyclic) bond motifs is 1. The van der Waals surface area contributed by atoms with Gasteiger partial charge in [-0.1, -0.05) is 72.8 Å². The first kappa shape index (κ1) is 21.0. The molecule has 5 rings (SSSR count). The number of hydrogen-bond acceptors (Lipinski definition) is 3. The van der Waals surface area contributed by atoms with Gasteiger partial charge in [-0.25, -0.2) is 9.78 Å². The normalized spacial score (nSPS) is 13.8. The van der Waals surface area contributed by atoms with Gasteiger partial charge >= 0.3 is 5.97 Å². The van der Waals surface area contributed by atoms with E-state index in [1.807, 2.05) is 77.4 Å². The van der Waals surface area contributed by atoms with Crippen LogP contribution in [-0.2, 0) is 24.2 Å². The first-order valence-electron chi connectivity index (χ1n) is 11.4. The zero-order chi connectivity index (χ0) is 22.6. The number of aryl methyl sites for hydroxylation is 1. The van der Waals surface area contributed by atoms with Crippen molar-refractivity contribution < 1.29 is 14.6 Å². The Bertz CT molecular complexity index is 1250. The third kappa shape index (κ3) is 4.40. The van der Waals surface area contributed by atoms with Crippen molar-refractivity contribution in [3.05, 3.63) is 96.3 Å². The summed E-state index contributed by atoms with van der Waals surface area (Å²) < 4.78 is 8.03. The minimum absolute atomic E-state index is 0.156. The number of aromatic nitrogens is 2. The number of carbonyl (C=O) groups is 1. The average molecular weight is 439 g/mol. The van der Waals surface area contributed by atoms with Gasteiger partial charge in [0.05, 0.1) is 24.3 Å². The van der Waals surface area contributed by atoms with Crippen LogP contribution in [-0.4, -0.2) is 26.7 Å². The van der Waals surface area contributed by atoms with E-state index in [0.29, 0.717) is 5.75 Å². The fourth-order valence-corrected chi connectivity index (χ4v) is 4.58. The highest BCUT2D eigenvalue weighted by atomic mass is 16.5. The number of ether oxygens (including phenoxy) is 1. The molecule has 0 aliphatic heterocycles. The highest BCUT2D eigenvalue weighted by Crippen LogP contribution is 2.33. The summed E-state index contributed by atoms with van der Waals surface area (Å²) in [5.41, 5.74) is 6.08. The van der Waals surface area contributed by atoms with Crippen molar-refractivity contribution in [2.45, 2.75) is 38.3 Å². The number of hydrogen-bond donors (Lipinski definition) is 1. The van der Waals surface area contributed by atoms with E-state index in [-0.39, 0.29) is 6.54 Å². The topological polar surface area (TPSA) is 64.3 Å². The molecule has 4 aromatic rings. The summed E-state index contributed by atoms with van der Waals surface area (Å²) in [4.78, 5) is 16.9. The number of benzene rings is 3.